The van der Waals surface area contributed by atoms with Crippen LogP contribution in [0.1, 0.15) is 42.1 Å². The fourth-order valence-electron chi connectivity index (χ4n) is 2.09. The van der Waals surface area contributed by atoms with Crippen molar-refractivity contribution in [3.8, 4) is 0 Å². The predicted octanol–water partition coefficient (Wildman–Crippen LogP) is 5.35. The summed E-state index contributed by atoms with van der Waals surface area (Å²) < 4.78 is 13.5. The van der Waals surface area contributed by atoms with Gasteiger partial charge < -0.3 is 5.32 Å². The van der Waals surface area contributed by atoms with Crippen molar-refractivity contribution in [1.29, 1.82) is 0 Å². The number of halogens is 2. The van der Waals surface area contributed by atoms with E-state index in [1.165, 1.54) is 18.2 Å². The minimum absolute atomic E-state index is 0.244. The van der Waals surface area contributed by atoms with Gasteiger partial charge >= 0.3 is 0 Å². The van der Waals surface area contributed by atoms with Gasteiger partial charge in [0, 0.05) is 11.3 Å². The Bertz CT molecular complexity index is 657. The highest BCUT2D eigenvalue weighted by Crippen LogP contribution is 2.27. The average molecular weight is 350 g/mol. The molecule has 0 radical (unpaired) electrons. The third kappa shape index (κ3) is 3.70. The van der Waals surface area contributed by atoms with Crippen LogP contribution in [0.2, 0.25) is 0 Å². The van der Waals surface area contributed by atoms with Crippen molar-refractivity contribution in [2.75, 3.05) is 5.32 Å². The number of carbonyl (C=O) groups excluding carboxylic acids is 1. The van der Waals surface area contributed by atoms with Crippen LogP contribution in [0.3, 0.4) is 0 Å². The van der Waals surface area contributed by atoms with Crippen LogP contribution in [0, 0.1) is 5.82 Å². The summed E-state index contributed by atoms with van der Waals surface area (Å²) in [5.41, 5.74) is 2.33. The topological polar surface area (TPSA) is 29.1 Å². The zero-order valence-corrected chi connectivity index (χ0v) is 13.6. The molecule has 0 spiro atoms. The molecule has 0 aliphatic heterocycles. The zero-order valence-electron chi connectivity index (χ0n) is 12.0. The van der Waals surface area contributed by atoms with E-state index < -0.39 is 0 Å². The van der Waals surface area contributed by atoms with E-state index in [9.17, 15) is 9.18 Å². The molecule has 110 valence electrons. The number of benzene rings is 2. The van der Waals surface area contributed by atoms with Gasteiger partial charge in [-0.15, -0.1) is 0 Å². The smallest absolute Gasteiger partial charge is 0.255 e. The van der Waals surface area contributed by atoms with Crippen LogP contribution >= 0.6 is 15.9 Å². The van der Waals surface area contributed by atoms with E-state index in [0.717, 1.165) is 17.7 Å². The first-order valence-corrected chi connectivity index (χ1v) is 7.67. The van der Waals surface area contributed by atoms with E-state index in [2.05, 4.69) is 35.1 Å². The molecule has 0 saturated carbocycles. The maximum Gasteiger partial charge on any atom is 0.255 e. The highest BCUT2D eigenvalue weighted by atomic mass is 79.9. The lowest BCUT2D eigenvalue weighted by atomic mass is 9.97. The largest absolute Gasteiger partial charge is 0.322 e. The van der Waals surface area contributed by atoms with Gasteiger partial charge in [-0.2, -0.15) is 0 Å². The van der Waals surface area contributed by atoms with E-state index >= 15 is 0 Å². The Hall–Kier alpha value is -1.68. The Morgan fingerprint density at radius 2 is 2.00 bits per heavy atom. The molecule has 0 fully saturated rings. The van der Waals surface area contributed by atoms with Crippen molar-refractivity contribution in [3.05, 3.63) is 63.9 Å². The number of carbonyl (C=O) groups is 1. The molecule has 2 rings (SSSR count). The van der Waals surface area contributed by atoms with Crippen LogP contribution in [-0.2, 0) is 0 Å². The molecule has 1 atom stereocenters. The van der Waals surface area contributed by atoms with Gasteiger partial charge in [0.15, 0.2) is 0 Å². The van der Waals surface area contributed by atoms with Crippen molar-refractivity contribution in [2.24, 2.45) is 0 Å². The normalized spacial score (nSPS) is 12.0. The highest BCUT2D eigenvalue weighted by Gasteiger charge is 2.13. The molecule has 21 heavy (non-hydrogen) atoms. The van der Waals surface area contributed by atoms with Gasteiger partial charge in [-0.05, 0) is 58.1 Å². The highest BCUT2D eigenvalue weighted by molar-refractivity contribution is 9.10. The summed E-state index contributed by atoms with van der Waals surface area (Å²) in [4.78, 5) is 12.3. The molecule has 0 saturated heterocycles. The van der Waals surface area contributed by atoms with Crippen LogP contribution in [0.25, 0.3) is 0 Å². The molecule has 2 aromatic carbocycles. The second-order valence-electron chi connectivity index (χ2n) is 4.98. The van der Waals surface area contributed by atoms with E-state index in [1.54, 1.807) is 0 Å². The van der Waals surface area contributed by atoms with Crippen molar-refractivity contribution in [2.45, 2.75) is 26.2 Å². The van der Waals surface area contributed by atoms with Crippen LogP contribution in [-0.4, -0.2) is 5.91 Å². The molecule has 0 heterocycles. The second-order valence-corrected chi connectivity index (χ2v) is 5.83. The summed E-state index contributed by atoms with van der Waals surface area (Å²) in [5.74, 6) is -0.264. The third-order valence-corrected chi connectivity index (χ3v) is 4.14. The van der Waals surface area contributed by atoms with Gasteiger partial charge in [0.1, 0.15) is 5.82 Å². The molecule has 1 amide bonds. The molecule has 4 heteroatoms. The lowest BCUT2D eigenvalue weighted by Crippen LogP contribution is -2.14. The number of hydrogen-bond donors (Lipinski definition) is 1. The number of amides is 1. The molecular formula is C17H17BrFNO. The molecule has 0 aromatic heterocycles. The predicted molar refractivity (Wildman–Crippen MR) is 87.2 cm³/mol. The van der Waals surface area contributed by atoms with Crippen LogP contribution < -0.4 is 5.32 Å². The SMILES string of the molecule is CCC(C)c1ccccc1NC(=O)c1ccc(F)c(Br)c1. The first kappa shape index (κ1) is 15.7. The summed E-state index contributed by atoms with van der Waals surface area (Å²) in [7, 11) is 0. The van der Waals surface area contributed by atoms with Crippen molar-refractivity contribution in [3.63, 3.8) is 0 Å². The van der Waals surface area contributed by atoms with E-state index in [4.69, 9.17) is 0 Å². The standard InChI is InChI=1S/C17H17BrFNO/c1-3-11(2)13-6-4-5-7-16(13)20-17(21)12-8-9-15(19)14(18)10-12/h4-11H,3H2,1-2H3,(H,20,21). The minimum Gasteiger partial charge on any atom is -0.322 e. The molecule has 0 aliphatic rings. The Balaban J connectivity index is 2.25. The van der Waals surface area contributed by atoms with Gasteiger partial charge in [0.2, 0.25) is 0 Å². The lowest BCUT2D eigenvalue weighted by Gasteiger charge is -2.15. The summed E-state index contributed by atoms with van der Waals surface area (Å²) in [6.45, 7) is 4.24. The zero-order chi connectivity index (χ0) is 15.4. The fourth-order valence-corrected chi connectivity index (χ4v) is 2.47. The van der Waals surface area contributed by atoms with Crippen molar-refractivity contribution < 1.29 is 9.18 Å². The Labute approximate surface area is 132 Å². The second kappa shape index (κ2) is 6.85. The fraction of sp³-hybridized carbons (Fsp3) is 0.235. The monoisotopic (exact) mass is 349 g/mol. The van der Waals surface area contributed by atoms with Crippen LogP contribution in [0.4, 0.5) is 10.1 Å². The molecular weight excluding hydrogens is 333 g/mol. The number of nitrogens with one attached hydrogen (secondary N) is 1. The van der Waals surface area contributed by atoms with Crippen molar-refractivity contribution in [1.82, 2.24) is 0 Å². The Morgan fingerprint density at radius 1 is 1.29 bits per heavy atom. The van der Waals surface area contributed by atoms with Crippen LogP contribution in [0.15, 0.2) is 46.9 Å². The number of anilines is 1. The van der Waals surface area contributed by atoms with Gasteiger partial charge in [-0.3, -0.25) is 4.79 Å². The first-order chi connectivity index (χ1) is 10.0. The third-order valence-electron chi connectivity index (χ3n) is 3.53. The average Bonchev–Trinajstić information content (AvgIpc) is 2.49. The molecule has 1 unspecified atom stereocenters. The first-order valence-electron chi connectivity index (χ1n) is 6.88. The van der Waals surface area contributed by atoms with E-state index in [1.807, 2.05) is 24.3 Å². The van der Waals surface area contributed by atoms with Crippen LogP contribution in [0.5, 0.6) is 0 Å². The minimum atomic E-state index is -0.383. The maximum atomic E-state index is 13.2. The maximum absolute atomic E-state index is 13.2. The summed E-state index contributed by atoms with van der Waals surface area (Å²) in [6.07, 6.45) is 0.995. The summed E-state index contributed by atoms with van der Waals surface area (Å²) in [6, 6.07) is 12.0. The molecule has 2 aromatic rings. The van der Waals surface area contributed by atoms with Gasteiger partial charge in [-0.1, -0.05) is 32.0 Å². The van der Waals surface area contributed by atoms with Gasteiger partial charge in [0.05, 0.1) is 4.47 Å². The molecule has 0 aliphatic carbocycles. The lowest BCUT2D eigenvalue weighted by molar-refractivity contribution is 0.102. The number of hydrogen-bond acceptors (Lipinski definition) is 1. The molecule has 2 nitrogen and oxygen atoms in total. The number of rotatable bonds is 4. The van der Waals surface area contributed by atoms with Crippen molar-refractivity contribution >= 4 is 27.5 Å². The van der Waals surface area contributed by atoms with Gasteiger partial charge in [-0.25, -0.2) is 4.39 Å². The quantitative estimate of drug-likeness (QED) is 0.791. The van der Waals surface area contributed by atoms with Gasteiger partial charge in [0.25, 0.3) is 5.91 Å². The Morgan fingerprint density at radius 3 is 2.67 bits per heavy atom. The van der Waals surface area contributed by atoms with E-state index in [-0.39, 0.29) is 16.2 Å². The Kier molecular flexibility index (Phi) is 5.12. The summed E-state index contributed by atoms with van der Waals surface area (Å²) >= 11 is 3.09. The number of para-hydroxylation sites is 1. The van der Waals surface area contributed by atoms with E-state index in [0.29, 0.717) is 11.5 Å². The summed E-state index contributed by atoms with van der Waals surface area (Å²) in [5, 5.41) is 2.91. The molecule has 1 N–H and O–H groups in total. The molecule has 0 bridgehead atoms.